The molecule has 0 aliphatic heterocycles. The summed E-state index contributed by atoms with van der Waals surface area (Å²) in [5, 5.41) is 11.8. The van der Waals surface area contributed by atoms with E-state index in [1.165, 1.54) is 6.20 Å². The number of thiazole rings is 1. The average molecular weight is 314 g/mol. The lowest BCUT2D eigenvalue weighted by Gasteiger charge is -2.01. The first-order valence-electron chi connectivity index (χ1n) is 4.72. The molecule has 0 saturated carbocycles. The number of rotatable bonds is 3. The van der Waals surface area contributed by atoms with E-state index in [0.29, 0.717) is 16.7 Å². The topological polar surface area (TPSA) is 76.0 Å². The van der Waals surface area contributed by atoms with Crippen LogP contribution in [0, 0.1) is 6.92 Å². The number of halogens is 1. The van der Waals surface area contributed by atoms with Gasteiger partial charge in [0.2, 0.25) is 0 Å². The average Bonchev–Trinajstić information content (AvgIpc) is 2.66. The molecular weight excluding hydrogens is 306 g/mol. The summed E-state index contributed by atoms with van der Waals surface area (Å²) >= 11 is 4.65. The molecule has 0 aliphatic rings. The molecule has 1 N–H and O–H groups in total. The quantitative estimate of drug-likeness (QED) is 0.940. The Kier molecular flexibility index (Phi) is 3.49. The van der Waals surface area contributed by atoms with Crippen LogP contribution in [-0.2, 0) is 6.42 Å². The van der Waals surface area contributed by atoms with Crippen molar-refractivity contribution in [3.63, 3.8) is 0 Å². The van der Waals surface area contributed by atoms with Gasteiger partial charge in [-0.05, 0) is 22.9 Å². The highest BCUT2D eigenvalue weighted by Crippen LogP contribution is 2.15. The van der Waals surface area contributed by atoms with Gasteiger partial charge < -0.3 is 5.11 Å². The smallest absolute Gasteiger partial charge is 0.355 e. The van der Waals surface area contributed by atoms with Crippen molar-refractivity contribution in [2.75, 3.05) is 0 Å². The van der Waals surface area contributed by atoms with E-state index in [4.69, 9.17) is 5.11 Å². The van der Waals surface area contributed by atoms with Crippen molar-refractivity contribution in [2.45, 2.75) is 13.3 Å². The van der Waals surface area contributed by atoms with E-state index in [1.807, 2.05) is 12.3 Å². The number of aryl methyl sites for hydroxylation is 1. The number of nitrogens with zero attached hydrogens (tertiary/aromatic N) is 3. The highest BCUT2D eigenvalue weighted by molar-refractivity contribution is 9.10. The molecule has 0 amide bonds. The van der Waals surface area contributed by atoms with Crippen molar-refractivity contribution in [2.24, 2.45) is 0 Å². The van der Waals surface area contributed by atoms with Crippen LogP contribution in [0.1, 0.15) is 27.0 Å². The van der Waals surface area contributed by atoms with Gasteiger partial charge in [0.25, 0.3) is 0 Å². The van der Waals surface area contributed by atoms with Gasteiger partial charge in [0, 0.05) is 11.6 Å². The summed E-state index contributed by atoms with van der Waals surface area (Å²) in [5.41, 5.74) is 0.827. The van der Waals surface area contributed by atoms with Crippen molar-refractivity contribution in [1.82, 2.24) is 15.0 Å². The Bertz CT molecular complexity index is 570. The maximum Gasteiger partial charge on any atom is 0.355 e. The third-order valence-corrected chi connectivity index (χ3v) is 3.41. The molecule has 2 heterocycles. The summed E-state index contributed by atoms with van der Waals surface area (Å²) in [7, 11) is 0. The molecule has 2 aromatic heterocycles. The molecule has 0 atom stereocenters. The third-order valence-electron chi connectivity index (χ3n) is 2.00. The highest BCUT2D eigenvalue weighted by atomic mass is 79.9. The van der Waals surface area contributed by atoms with Crippen LogP contribution in [0.25, 0.3) is 0 Å². The molecule has 0 radical (unpaired) electrons. The molecular formula is C10H8BrN3O2S. The molecule has 7 heteroatoms. The summed E-state index contributed by atoms with van der Waals surface area (Å²) in [6, 6.07) is 0. The number of aromatic nitrogens is 3. The van der Waals surface area contributed by atoms with E-state index in [2.05, 4.69) is 30.9 Å². The van der Waals surface area contributed by atoms with Gasteiger partial charge in [-0.2, -0.15) is 0 Å². The second kappa shape index (κ2) is 4.89. The first kappa shape index (κ1) is 12.1. The van der Waals surface area contributed by atoms with Gasteiger partial charge in [0.1, 0.15) is 5.82 Å². The van der Waals surface area contributed by atoms with Gasteiger partial charge in [0.15, 0.2) is 5.69 Å². The fourth-order valence-corrected chi connectivity index (χ4v) is 2.26. The lowest BCUT2D eigenvalue weighted by atomic mass is 10.3. The lowest BCUT2D eigenvalue weighted by molar-refractivity contribution is 0.0688. The molecule has 17 heavy (non-hydrogen) atoms. The van der Waals surface area contributed by atoms with E-state index in [0.717, 1.165) is 10.7 Å². The Balaban J connectivity index is 2.28. The Morgan fingerprint density at radius 3 is 2.88 bits per heavy atom. The number of aromatic carboxylic acids is 1. The molecule has 0 aliphatic carbocycles. The lowest BCUT2D eigenvalue weighted by Crippen LogP contribution is -2.07. The minimum absolute atomic E-state index is 0.0260. The second-order valence-electron chi connectivity index (χ2n) is 3.32. The van der Waals surface area contributed by atoms with E-state index in [1.54, 1.807) is 11.3 Å². The summed E-state index contributed by atoms with van der Waals surface area (Å²) in [6.07, 6.45) is 1.89. The van der Waals surface area contributed by atoms with Crippen LogP contribution in [-0.4, -0.2) is 26.0 Å². The standard InChI is InChI=1S/C10H8BrN3O2S/c1-5-13-6(4-17-5)2-8-12-3-7(11)9(14-8)10(15)16/h3-4H,2H2,1H3,(H,15,16). The summed E-state index contributed by atoms with van der Waals surface area (Å²) < 4.78 is 0.378. The van der Waals surface area contributed by atoms with E-state index in [-0.39, 0.29) is 5.69 Å². The fourth-order valence-electron chi connectivity index (χ4n) is 1.29. The molecule has 0 bridgehead atoms. The van der Waals surface area contributed by atoms with E-state index >= 15 is 0 Å². The van der Waals surface area contributed by atoms with Crippen molar-refractivity contribution in [1.29, 1.82) is 0 Å². The van der Waals surface area contributed by atoms with Crippen LogP contribution in [0.2, 0.25) is 0 Å². The summed E-state index contributed by atoms with van der Waals surface area (Å²) in [4.78, 5) is 23.2. The summed E-state index contributed by atoms with van der Waals surface area (Å²) in [6.45, 7) is 1.92. The minimum atomic E-state index is -1.07. The molecule has 0 spiro atoms. The Labute approximate surface area is 110 Å². The highest BCUT2D eigenvalue weighted by Gasteiger charge is 2.12. The largest absolute Gasteiger partial charge is 0.476 e. The second-order valence-corrected chi connectivity index (χ2v) is 5.24. The first-order chi connectivity index (χ1) is 8.06. The Morgan fingerprint density at radius 2 is 2.29 bits per heavy atom. The third kappa shape index (κ3) is 2.86. The molecule has 2 aromatic rings. The number of carboxylic acid groups (broad SMARTS) is 1. The first-order valence-corrected chi connectivity index (χ1v) is 6.39. The minimum Gasteiger partial charge on any atom is -0.476 e. The normalized spacial score (nSPS) is 10.5. The van der Waals surface area contributed by atoms with Crippen LogP contribution in [0.4, 0.5) is 0 Å². The molecule has 0 unspecified atom stereocenters. The number of carbonyl (C=O) groups is 1. The van der Waals surface area contributed by atoms with Crippen molar-refractivity contribution >= 4 is 33.2 Å². The van der Waals surface area contributed by atoms with Crippen LogP contribution in [0.15, 0.2) is 16.0 Å². The number of hydrogen-bond acceptors (Lipinski definition) is 5. The van der Waals surface area contributed by atoms with Crippen LogP contribution in [0.3, 0.4) is 0 Å². The predicted molar refractivity (Wildman–Crippen MR) is 66.3 cm³/mol. The van der Waals surface area contributed by atoms with Crippen LogP contribution < -0.4 is 0 Å². The zero-order chi connectivity index (χ0) is 12.4. The predicted octanol–water partition coefficient (Wildman–Crippen LogP) is 2.29. The number of hydrogen-bond donors (Lipinski definition) is 1. The van der Waals surface area contributed by atoms with Gasteiger partial charge in [0.05, 0.1) is 21.6 Å². The molecule has 0 aromatic carbocycles. The molecule has 0 fully saturated rings. The van der Waals surface area contributed by atoms with Crippen LogP contribution >= 0.6 is 27.3 Å². The van der Waals surface area contributed by atoms with Gasteiger partial charge in [-0.1, -0.05) is 0 Å². The van der Waals surface area contributed by atoms with Crippen molar-refractivity contribution in [3.8, 4) is 0 Å². The fraction of sp³-hybridized carbons (Fsp3) is 0.200. The monoisotopic (exact) mass is 313 g/mol. The van der Waals surface area contributed by atoms with E-state index < -0.39 is 5.97 Å². The van der Waals surface area contributed by atoms with Crippen molar-refractivity contribution < 1.29 is 9.90 Å². The number of carboxylic acids is 1. The Morgan fingerprint density at radius 1 is 1.53 bits per heavy atom. The molecule has 5 nitrogen and oxygen atoms in total. The molecule has 0 saturated heterocycles. The zero-order valence-electron chi connectivity index (χ0n) is 8.85. The maximum atomic E-state index is 10.9. The van der Waals surface area contributed by atoms with Gasteiger partial charge >= 0.3 is 5.97 Å². The van der Waals surface area contributed by atoms with Gasteiger partial charge in [-0.25, -0.2) is 19.7 Å². The van der Waals surface area contributed by atoms with Gasteiger partial charge in [-0.15, -0.1) is 11.3 Å². The maximum absolute atomic E-state index is 10.9. The SMILES string of the molecule is Cc1nc(Cc2ncc(Br)c(C(=O)O)n2)cs1. The zero-order valence-corrected chi connectivity index (χ0v) is 11.2. The van der Waals surface area contributed by atoms with Gasteiger partial charge in [-0.3, -0.25) is 0 Å². The molecule has 88 valence electrons. The van der Waals surface area contributed by atoms with Crippen molar-refractivity contribution in [3.05, 3.63) is 38.3 Å². The van der Waals surface area contributed by atoms with E-state index in [9.17, 15) is 4.79 Å². The Hall–Kier alpha value is -1.34. The molecule has 2 rings (SSSR count). The summed E-state index contributed by atoms with van der Waals surface area (Å²) in [5.74, 6) is -0.620. The van der Waals surface area contributed by atoms with Crippen LogP contribution in [0.5, 0.6) is 0 Å².